The summed E-state index contributed by atoms with van der Waals surface area (Å²) in [5.41, 5.74) is 5.72. The van der Waals surface area contributed by atoms with E-state index in [1.807, 2.05) is 54.6 Å². The Balaban J connectivity index is 1.21. The number of benzene rings is 4. The molecule has 9 heteroatoms. The summed E-state index contributed by atoms with van der Waals surface area (Å²) in [5.74, 6) is 0.839. The zero-order valence-corrected chi connectivity index (χ0v) is 24.7. The number of amides is 2. The van der Waals surface area contributed by atoms with Crippen LogP contribution in [0, 0.1) is 0 Å². The summed E-state index contributed by atoms with van der Waals surface area (Å²) in [7, 11) is 1.66. The first-order valence-corrected chi connectivity index (χ1v) is 14.4. The molecule has 5 rings (SSSR count). The van der Waals surface area contributed by atoms with Gasteiger partial charge in [-0.2, -0.15) is 13.2 Å². The van der Waals surface area contributed by atoms with Crippen LogP contribution in [0.4, 0.5) is 23.7 Å². The van der Waals surface area contributed by atoms with Gasteiger partial charge in [-0.25, -0.2) is 4.79 Å². The van der Waals surface area contributed by atoms with Gasteiger partial charge in [-0.3, -0.25) is 4.98 Å². The van der Waals surface area contributed by atoms with Crippen LogP contribution in [-0.4, -0.2) is 23.0 Å². The smallest absolute Gasteiger partial charge is 0.416 e. The average molecular weight is 611 g/mol. The summed E-state index contributed by atoms with van der Waals surface area (Å²) < 4.78 is 44.1. The van der Waals surface area contributed by atoms with E-state index in [-0.39, 0.29) is 12.2 Å². The minimum Gasteiger partial charge on any atom is -0.497 e. The Morgan fingerprint density at radius 3 is 1.82 bits per heavy atom. The molecule has 0 saturated carbocycles. The van der Waals surface area contributed by atoms with Crippen LogP contribution in [0.15, 0.2) is 122 Å². The summed E-state index contributed by atoms with van der Waals surface area (Å²) in [6.45, 7) is 2.07. The minimum atomic E-state index is -4.45. The summed E-state index contributed by atoms with van der Waals surface area (Å²) >= 11 is 0. The van der Waals surface area contributed by atoms with Gasteiger partial charge in [-0.15, -0.1) is 0 Å². The van der Waals surface area contributed by atoms with Crippen molar-refractivity contribution in [2.45, 2.75) is 32.4 Å². The van der Waals surface area contributed by atoms with Crippen molar-refractivity contribution < 1.29 is 22.7 Å². The molecule has 0 atom stereocenters. The number of hydrogen-bond donors (Lipinski definition) is 2. The molecule has 0 bridgehead atoms. The van der Waals surface area contributed by atoms with E-state index in [4.69, 9.17) is 4.74 Å². The molecule has 0 aliphatic carbocycles. The first-order valence-electron chi connectivity index (χ1n) is 14.4. The molecule has 0 unspecified atom stereocenters. The number of hydrogen-bond acceptors (Lipinski definition) is 4. The number of methoxy groups -OCH3 is 1. The van der Waals surface area contributed by atoms with Crippen molar-refractivity contribution in [1.29, 1.82) is 0 Å². The molecule has 230 valence electrons. The molecule has 6 nitrogen and oxygen atoms in total. The second kappa shape index (κ2) is 14.5. The fraction of sp³-hybridized carbons (Fsp3) is 0.167. The van der Waals surface area contributed by atoms with E-state index in [0.29, 0.717) is 6.54 Å². The van der Waals surface area contributed by atoms with Crippen LogP contribution in [-0.2, 0) is 32.4 Å². The van der Waals surface area contributed by atoms with E-state index in [1.165, 1.54) is 23.3 Å². The van der Waals surface area contributed by atoms with Crippen molar-refractivity contribution in [2.24, 2.45) is 0 Å². The summed E-state index contributed by atoms with van der Waals surface area (Å²) in [6.07, 6.45) is -1.11. The third kappa shape index (κ3) is 8.93. The number of nitrogens with one attached hydrogen (secondary N) is 2. The van der Waals surface area contributed by atoms with E-state index in [0.717, 1.165) is 53.2 Å². The topological polar surface area (TPSA) is 66.5 Å². The van der Waals surface area contributed by atoms with Crippen LogP contribution in [0.1, 0.15) is 27.8 Å². The molecule has 0 radical (unpaired) electrons. The molecule has 45 heavy (non-hydrogen) atoms. The van der Waals surface area contributed by atoms with Crippen LogP contribution < -0.4 is 15.4 Å². The second-order valence-corrected chi connectivity index (χ2v) is 10.6. The number of rotatable bonds is 11. The highest BCUT2D eigenvalue weighted by Gasteiger charge is 2.30. The molecule has 0 spiro atoms. The predicted octanol–water partition coefficient (Wildman–Crippen LogP) is 8.30. The molecule has 5 aromatic rings. The average Bonchev–Trinajstić information content (AvgIpc) is 3.06. The Morgan fingerprint density at radius 1 is 0.733 bits per heavy atom. The third-order valence-electron chi connectivity index (χ3n) is 7.28. The molecule has 0 fully saturated rings. The number of carbonyl (C=O) groups excluding carboxylic acids is 1. The molecule has 1 aromatic heterocycles. The lowest BCUT2D eigenvalue weighted by Crippen LogP contribution is -2.34. The number of halogens is 3. The van der Waals surface area contributed by atoms with Gasteiger partial charge in [0.2, 0.25) is 0 Å². The molecule has 0 aliphatic heterocycles. The second-order valence-electron chi connectivity index (χ2n) is 10.6. The third-order valence-corrected chi connectivity index (χ3v) is 7.28. The molecule has 2 amide bonds. The van der Waals surface area contributed by atoms with Gasteiger partial charge in [0.25, 0.3) is 0 Å². The van der Waals surface area contributed by atoms with Crippen molar-refractivity contribution in [3.05, 3.63) is 149 Å². The molecule has 0 saturated heterocycles. The molecular weight excluding hydrogens is 577 g/mol. The van der Waals surface area contributed by atoms with E-state index < -0.39 is 17.8 Å². The van der Waals surface area contributed by atoms with Gasteiger partial charge in [0, 0.05) is 44.3 Å². The number of pyridine rings is 1. The lowest BCUT2D eigenvalue weighted by Gasteiger charge is -2.23. The van der Waals surface area contributed by atoms with Gasteiger partial charge in [0.15, 0.2) is 0 Å². The van der Waals surface area contributed by atoms with Crippen molar-refractivity contribution in [2.75, 3.05) is 12.4 Å². The molecule has 2 N–H and O–H groups in total. The fourth-order valence-electron chi connectivity index (χ4n) is 4.79. The summed E-state index contributed by atoms with van der Waals surface area (Å²) in [6, 6.07) is 32.0. The molecule has 1 heterocycles. The monoisotopic (exact) mass is 610 g/mol. The van der Waals surface area contributed by atoms with Crippen LogP contribution in [0.25, 0.3) is 11.1 Å². The van der Waals surface area contributed by atoms with E-state index in [1.54, 1.807) is 30.5 Å². The van der Waals surface area contributed by atoms with Gasteiger partial charge in [0.05, 0.1) is 12.7 Å². The van der Waals surface area contributed by atoms with E-state index in [9.17, 15) is 18.0 Å². The molecule has 4 aromatic carbocycles. The zero-order chi connectivity index (χ0) is 31.6. The van der Waals surface area contributed by atoms with E-state index >= 15 is 0 Å². The Kier molecular flexibility index (Phi) is 10.1. The van der Waals surface area contributed by atoms with Gasteiger partial charge >= 0.3 is 12.2 Å². The first-order chi connectivity index (χ1) is 21.8. The summed E-state index contributed by atoms with van der Waals surface area (Å²) in [4.78, 5) is 19.0. The van der Waals surface area contributed by atoms with Crippen LogP contribution in [0.3, 0.4) is 0 Å². The fourth-order valence-corrected chi connectivity index (χ4v) is 4.79. The lowest BCUT2D eigenvalue weighted by molar-refractivity contribution is -0.137. The highest BCUT2D eigenvalue weighted by molar-refractivity contribution is 5.89. The summed E-state index contributed by atoms with van der Waals surface area (Å²) in [5, 5.41) is 6.18. The number of ether oxygens (including phenoxy) is 1. The predicted molar refractivity (Wildman–Crippen MR) is 169 cm³/mol. The SMILES string of the molecule is COc1ccc(CNCc2ccc(-c3ccc(CN(Cc4cccnc4)C(=O)Nc4ccc(C(F)(F)F)cc4)cc3)cc2)cc1. The number of aromatic nitrogens is 1. The normalized spacial score (nSPS) is 11.2. The Morgan fingerprint density at radius 2 is 1.29 bits per heavy atom. The van der Waals surface area contributed by atoms with Gasteiger partial charge in [0.1, 0.15) is 5.75 Å². The van der Waals surface area contributed by atoms with Crippen molar-refractivity contribution in [3.63, 3.8) is 0 Å². The maximum atomic E-state index is 13.3. The van der Waals surface area contributed by atoms with Crippen molar-refractivity contribution >= 4 is 11.7 Å². The molecular formula is C36H33F3N4O2. The lowest BCUT2D eigenvalue weighted by atomic mass is 10.0. The Labute approximate surface area is 260 Å². The number of anilines is 1. The van der Waals surface area contributed by atoms with Gasteiger partial charge < -0.3 is 20.3 Å². The zero-order valence-electron chi connectivity index (χ0n) is 24.7. The standard InChI is InChI=1S/C36H33F3N4O2/c1-45-34-18-8-27(9-19-34)22-41-21-26-4-10-30(11-5-26)31-12-6-28(7-13-31)24-43(25-29-3-2-20-40-23-29)35(44)42-33-16-14-32(15-17-33)36(37,38)39/h2-20,23,41H,21-22,24-25H2,1H3,(H,42,44). The van der Waals surface area contributed by atoms with Gasteiger partial charge in [-0.05, 0) is 75.8 Å². The van der Waals surface area contributed by atoms with Crippen LogP contribution >= 0.6 is 0 Å². The Hall–Kier alpha value is -5.15. The van der Waals surface area contributed by atoms with Gasteiger partial charge in [-0.1, -0.05) is 66.7 Å². The van der Waals surface area contributed by atoms with E-state index in [2.05, 4.69) is 39.9 Å². The molecule has 0 aliphatic rings. The quantitative estimate of drug-likeness (QED) is 0.158. The van der Waals surface area contributed by atoms with Crippen molar-refractivity contribution in [3.8, 4) is 16.9 Å². The number of urea groups is 1. The number of alkyl halides is 3. The maximum absolute atomic E-state index is 13.3. The maximum Gasteiger partial charge on any atom is 0.416 e. The van der Waals surface area contributed by atoms with Crippen molar-refractivity contribution in [1.82, 2.24) is 15.2 Å². The minimum absolute atomic E-state index is 0.274. The highest BCUT2D eigenvalue weighted by Crippen LogP contribution is 2.30. The number of carbonyl (C=O) groups is 1. The highest BCUT2D eigenvalue weighted by atomic mass is 19.4. The van der Waals surface area contributed by atoms with Crippen LogP contribution in [0.2, 0.25) is 0 Å². The first kappa shape index (κ1) is 31.3. The Bertz CT molecular complexity index is 1660. The number of nitrogens with zero attached hydrogens (tertiary/aromatic N) is 2. The largest absolute Gasteiger partial charge is 0.497 e. The van der Waals surface area contributed by atoms with Crippen LogP contribution in [0.5, 0.6) is 5.75 Å².